The fourth-order valence-corrected chi connectivity index (χ4v) is 5.80. The van der Waals surface area contributed by atoms with E-state index in [1.807, 2.05) is 0 Å². The van der Waals surface area contributed by atoms with Crippen LogP contribution in [0.5, 0.6) is 0 Å². The van der Waals surface area contributed by atoms with E-state index in [1.54, 1.807) is 0 Å². The molecule has 2 heterocycles. The number of rotatable bonds is 4. The molecule has 2 aliphatic rings. The topological polar surface area (TPSA) is 18.5 Å². The first kappa shape index (κ1) is 28.2. The maximum absolute atomic E-state index is 6.52. The summed E-state index contributed by atoms with van der Waals surface area (Å²) in [4.78, 5) is 0. The van der Waals surface area contributed by atoms with Gasteiger partial charge in [-0.3, -0.25) is 0 Å². The van der Waals surface area contributed by atoms with Crippen LogP contribution in [0.1, 0.15) is 22.3 Å². The van der Waals surface area contributed by atoms with Crippen LogP contribution in [0.25, 0.3) is 23.0 Å². The van der Waals surface area contributed by atoms with Crippen LogP contribution in [0, 0.1) is 14.3 Å². The van der Waals surface area contributed by atoms with Crippen LogP contribution in [-0.4, -0.2) is 0 Å². The third-order valence-electron chi connectivity index (χ3n) is 6.43. The van der Waals surface area contributed by atoms with Gasteiger partial charge in [-0.15, -0.1) is 0 Å². The van der Waals surface area contributed by atoms with E-state index >= 15 is 0 Å². The molecule has 2 nitrogen and oxygen atoms in total. The molecule has 4 aromatic rings. The lowest BCUT2D eigenvalue weighted by Crippen LogP contribution is -2.04. The van der Waals surface area contributed by atoms with Gasteiger partial charge in [0.1, 0.15) is 23.0 Å². The van der Waals surface area contributed by atoms with Crippen LogP contribution in [0.3, 0.4) is 0 Å². The molecule has 0 atom stereocenters. The molecule has 0 aromatic heterocycles. The zero-order valence-corrected chi connectivity index (χ0v) is 29.5. The zero-order valence-electron chi connectivity index (χ0n) is 20.9. The molecule has 0 saturated heterocycles. The van der Waals surface area contributed by atoms with Crippen molar-refractivity contribution in [2.45, 2.75) is 0 Å². The Morgan fingerprint density at radius 3 is 0.700 bits per heavy atom. The molecule has 0 aliphatic carbocycles. The van der Waals surface area contributed by atoms with Gasteiger partial charge >= 0.3 is 0 Å². The summed E-state index contributed by atoms with van der Waals surface area (Å²) < 4.78 is 17.8. The number of allylic oxidation sites excluding steroid dienone is 6. The van der Waals surface area contributed by atoms with Crippen molar-refractivity contribution >= 4 is 113 Å². The number of halogens is 4. The highest BCUT2D eigenvalue weighted by atomic mass is 127. The lowest BCUT2D eigenvalue weighted by atomic mass is 9.96. The Labute approximate surface area is 288 Å². The fraction of sp³-hybridized carbons (Fsp3) is 0. The van der Waals surface area contributed by atoms with Crippen LogP contribution in [0.15, 0.2) is 133 Å². The van der Waals surface area contributed by atoms with Crippen LogP contribution in [0.4, 0.5) is 0 Å². The van der Waals surface area contributed by atoms with Gasteiger partial charge in [0.15, 0.2) is 0 Å². The lowest BCUT2D eigenvalue weighted by Gasteiger charge is -2.23. The molecule has 0 amide bonds. The molecule has 196 valence electrons. The van der Waals surface area contributed by atoms with Crippen molar-refractivity contribution in [3.63, 3.8) is 0 Å². The Morgan fingerprint density at radius 1 is 0.300 bits per heavy atom. The van der Waals surface area contributed by atoms with Gasteiger partial charge in [0.25, 0.3) is 0 Å². The summed E-state index contributed by atoms with van der Waals surface area (Å²) in [5.41, 5.74) is 6.25. The Hall–Kier alpha value is -1.90. The minimum atomic E-state index is 0.815. The lowest BCUT2D eigenvalue weighted by molar-refractivity contribution is 0.464. The molecule has 0 radical (unpaired) electrons. The summed E-state index contributed by atoms with van der Waals surface area (Å²) >= 11 is 9.32. The molecule has 6 rings (SSSR count). The monoisotopic (exact) mass is 968 g/mol. The van der Waals surface area contributed by atoms with Gasteiger partial charge in [-0.2, -0.15) is 0 Å². The molecule has 6 heteroatoms. The Morgan fingerprint density at radius 2 is 0.500 bits per heavy atom. The summed E-state index contributed by atoms with van der Waals surface area (Å²) in [5.74, 6) is 3.26. The van der Waals surface area contributed by atoms with Gasteiger partial charge in [0.2, 0.25) is 0 Å². The van der Waals surface area contributed by atoms with Crippen molar-refractivity contribution in [1.82, 2.24) is 0 Å². The number of ether oxygens (including phenoxy) is 2. The Kier molecular flexibility index (Phi) is 8.85. The van der Waals surface area contributed by atoms with Crippen molar-refractivity contribution in [2.75, 3.05) is 0 Å². The predicted molar refractivity (Wildman–Crippen MR) is 198 cm³/mol. The second-order valence-corrected chi connectivity index (χ2v) is 14.2. The van der Waals surface area contributed by atoms with Gasteiger partial charge in [0.05, 0.1) is 0 Å². The van der Waals surface area contributed by atoms with Crippen molar-refractivity contribution in [1.29, 1.82) is 0 Å². The molecule has 0 saturated carbocycles. The SMILES string of the molecule is Ic1ccc(C2=CC(=C3C=C(c4ccc(I)cc4)OC(c4ccc(I)cc4)=C3)C=C(c3ccc(I)cc3)O2)cc1. The second kappa shape index (κ2) is 12.5. The summed E-state index contributed by atoms with van der Waals surface area (Å²) in [6.45, 7) is 0. The quantitative estimate of drug-likeness (QED) is 0.190. The predicted octanol–water partition coefficient (Wildman–Crippen LogP) is 10.9. The third-order valence-corrected chi connectivity index (χ3v) is 9.31. The largest absolute Gasteiger partial charge is 0.456 e. The molecule has 4 aromatic carbocycles. The summed E-state index contributed by atoms with van der Waals surface area (Å²) in [6, 6.07) is 33.7. The normalized spacial score (nSPS) is 14.9. The zero-order chi connectivity index (χ0) is 27.6. The number of hydrogen-bond donors (Lipinski definition) is 0. The van der Waals surface area contributed by atoms with E-state index in [2.05, 4.69) is 212 Å². The van der Waals surface area contributed by atoms with E-state index < -0.39 is 0 Å². The van der Waals surface area contributed by atoms with E-state index in [-0.39, 0.29) is 0 Å². The highest BCUT2D eigenvalue weighted by Gasteiger charge is 2.21. The van der Waals surface area contributed by atoms with Crippen molar-refractivity contribution in [3.05, 3.63) is 169 Å². The molecule has 0 bridgehead atoms. The maximum Gasteiger partial charge on any atom is 0.135 e. The van der Waals surface area contributed by atoms with Crippen LogP contribution in [0.2, 0.25) is 0 Å². The Balaban J connectivity index is 1.54. The van der Waals surface area contributed by atoms with Gasteiger partial charge in [0, 0.05) is 36.5 Å². The standard InChI is InChI=1S/C34H20I4O2/c35-27-9-1-21(2-10-27)31-17-25(18-32(39-31)22-3-11-28(36)12-4-22)26-19-33(23-5-13-29(37)14-6-23)40-34(20-26)24-7-15-30(38)16-8-24/h1-20H. The molecule has 0 unspecified atom stereocenters. The van der Waals surface area contributed by atoms with Gasteiger partial charge in [-0.05, 0) is 174 Å². The minimum Gasteiger partial charge on any atom is -0.456 e. The average Bonchev–Trinajstić information content (AvgIpc) is 2.98. The smallest absolute Gasteiger partial charge is 0.135 e. The van der Waals surface area contributed by atoms with E-state index in [1.165, 1.54) is 14.3 Å². The van der Waals surface area contributed by atoms with Crippen molar-refractivity contribution < 1.29 is 9.47 Å². The highest BCUT2D eigenvalue weighted by molar-refractivity contribution is 14.1. The molecule has 40 heavy (non-hydrogen) atoms. The first-order valence-corrected chi connectivity index (χ1v) is 16.7. The first-order chi connectivity index (χ1) is 19.4. The molecule has 0 spiro atoms. The van der Waals surface area contributed by atoms with E-state index in [0.717, 1.165) is 56.4 Å². The van der Waals surface area contributed by atoms with Gasteiger partial charge in [-0.1, -0.05) is 48.5 Å². The first-order valence-electron chi connectivity index (χ1n) is 12.4. The van der Waals surface area contributed by atoms with Gasteiger partial charge in [-0.25, -0.2) is 0 Å². The van der Waals surface area contributed by atoms with E-state index in [4.69, 9.17) is 9.47 Å². The Bertz CT molecular complexity index is 1470. The number of benzene rings is 4. The molecular weight excluding hydrogens is 948 g/mol. The molecule has 0 fully saturated rings. The summed E-state index contributed by atoms with van der Waals surface area (Å²) in [6.07, 6.45) is 8.51. The number of hydrogen-bond acceptors (Lipinski definition) is 2. The second-order valence-electron chi connectivity index (χ2n) is 9.18. The maximum atomic E-state index is 6.52. The molecule has 0 N–H and O–H groups in total. The average molecular weight is 968 g/mol. The van der Waals surface area contributed by atoms with Crippen molar-refractivity contribution in [3.8, 4) is 0 Å². The van der Waals surface area contributed by atoms with Crippen LogP contribution in [-0.2, 0) is 9.47 Å². The van der Waals surface area contributed by atoms with E-state index in [9.17, 15) is 0 Å². The minimum absolute atomic E-state index is 0.815. The summed E-state index contributed by atoms with van der Waals surface area (Å²) in [5, 5.41) is 0. The molecular formula is C34H20I4O2. The third kappa shape index (κ3) is 6.60. The molecule has 2 aliphatic heterocycles. The highest BCUT2D eigenvalue weighted by Crippen LogP contribution is 2.38. The summed E-state index contributed by atoms with van der Waals surface area (Å²) in [7, 11) is 0. The van der Waals surface area contributed by atoms with Gasteiger partial charge < -0.3 is 9.47 Å². The van der Waals surface area contributed by atoms with Crippen LogP contribution >= 0.6 is 90.4 Å². The van der Waals surface area contributed by atoms with E-state index in [0.29, 0.717) is 0 Å². The van der Waals surface area contributed by atoms with Crippen LogP contribution < -0.4 is 0 Å². The van der Waals surface area contributed by atoms with Crippen molar-refractivity contribution in [2.24, 2.45) is 0 Å². The fourth-order valence-electron chi connectivity index (χ4n) is 4.36.